The van der Waals surface area contributed by atoms with E-state index in [1.54, 1.807) is 12.4 Å². The molecule has 2 aromatic heterocycles. The van der Waals surface area contributed by atoms with Gasteiger partial charge in [-0.05, 0) is 18.1 Å². The lowest BCUT2D eigenvalue weighted by atomic mass is 10.1. The van der Waals surface area contributed by atoms with Crippen LogP contribution in [0.1, 0.15) is 20.8 Å². The average molecular weight is 353 g/mol. The van der Waals surface area contributed by atoms with Gasteiger partial charge in [0.25, 0.3) is 0 Å². The van der Waals surface area contributed by atoms with Crippen molar-refractivity contribution in [1.82, 2.24) is 14.4 Å². The van der Waals surface area contributed by atoms with Gasteiger partial charge in [-0.3, -0.25) is 9.20 Å². The van der Waals surface area contributed by atoms with E-state index in [1.807, 2.05) is 48.7 Å². The molecule has 136 valence electrons. The maximum absolute atomic E-state index is 11.3. The summed E-state index contributed by atoms with van der Waals surface area (Å²) in [6, 6.07) is 7.51. The van der Waals surface area contributed by atoms with E-state index >= 15 is 0 Å². The number of rotatable bonds is 6. The molecule has 1 atom stereocenters. The third kappa shape index (κ3) is 3.67. The van der Waals surface area contributed by atoms with Crippen LogP contribution in [-0.4, -0.2) is 38.0 Å². The third-order valence-electron chi connectivity index (χ3n) is 4.23. The Bertz CT molecular complexity index is 919. The van der Waals surface area contributed by atoms with Gasteiger partial charge in [-0.15, -0.1) is 0 Å². The van der Waals surface area contributed by atoms with E-state index in [0.717, 1.165) is 16.9 Å². The van der Waals surface area contributed by atoms with E-state index < -0.39 is 0 Å². The van der Waals surface area contributed by atoms with E-state index in [9.17, 15) is 9.90 Å². The molecule has 3 rings (SSSR count). The molecule has 3 N–H and O–H groups in total. The molecular formula is C19H23N5O2. The number of nitrogens with one attached hydrogen (secondary N) is 2. The fourth-order valence-corrected chi connectivity index (χ4v) is 2.79. The molecule has 1 amide bonds. The first-order chi connectivity index (χ1) is 12.5. The fourth-order valence-electron chi connectivity index (χ4n) is 2.79. The van der Waals surface area contributed by atoms with Crippen LogP contribution in [-0.2, 0) is 4.79 Å². The van der Waals surface area contributed by atoms with Gasteiger partial charge < -0.3 is 15.7 Å². The number of amides is 1. The minimum Gasteiger partial charge on any atom is -0.394 e. The van der Waals surface area contributed by atoms with E-state index in [1.165, 1.54) is 6.92 Å². The molecule has 3 aromatic rings. The molecule has 1 aromatic carbocycles. The maximum Gasteiger partial charge on any atom is 0.221 e. The van der Waals surface area contributed by atoms with Gasteiger partial charge in [-0.1, -0.05) is 26.0 Å². The van der Waals surface area contributed by atoms with Gasteiger partial charge in [0.15, 0.2) is 11.5 Å². The minimum atomic E-state index is -0.111. The molecular weight excluding hydrogens is 330 g/mol. The van der Waals surface area contributed by atoms with Crippen molar-refractivity contribution in [3.8, 4) is 11.3 Å². The van der Waals surface area contributed by atoms with Gasteiger partial charge in [0.05, 0.1) is 24.5 Å². The lowest BCUT2D eigenvalue weighted by Crippen LogP contribution is -2.30. The van der Waals surface area contributed by atoms with Crippen LogP contribution in [0.15, 0.2) is 42.9 Å². The van der Waals surface area contributed by atoms with Gasteiger partial charge >= 0.3 is 0 Å². The topological polar surface area (TPSA) is 91.5 Å². The highest BCUT2D eigenvalue weighted by molar-refractivity contribution is 5.89. The number of carbonyl (C=O) groups excluding carboxylic acids is 1. The van der Waals surface area contributed by atoms with Crippen LogP contribution in [0.25, 0.3) is 16.9 Å². The zero-order valence-corrected chi connectivity index (χ0v) is 15.1. The van der Waals surface area contributed by atoms with Crippen molar-refractivity contribution in [3.63, 3.8) is 0 Å². The fraction of sp³-hybridized carbons (Fsp3) is 0.316. The number of carbonyl (C=O) groups is 1. The highest BCUT2D eigenvalue weighted by atomic mass is 16.3. The van der Waals surface area contributed by atoms with Crippen molar-refractivity contribution in [2.45, 2.75) is 26.8 Å². The van der Waals surface area contributed by atoms with E-state index in [2.05, 4.69) is 20.6 Å². The molecule has 0 spiro atoms. The quantitative estimate of drug-likeness (QED) is 0.634. The maximum atomic E-state index is 11.3. The highest BCUT2D eigenvalue weighted by Gasteiger charge is 2.16. The molecule has 7 heteroatoms. The molecule has 0 fully saturated rings. The number of hydrogen-bond donors (Lipinski definition) is 3. The number of nitrogens with zero attached hydrogens (tertiary/aromatic N) is 3. The van der Waals surface area contributed by atoms with E-state index in [-0.39, 0.29) is 24.5 Å². The van der Waals surface area contributed by atoms with Crippen molar-refractivity contribution in [2.75, 3.05) is 17.2 Å². The predicted molar refractivity (Wildman–Crippen MR) is 102 cm³/mol. The smallest absolute Gasteiger partial charge is 0.221 e. The predicted octanol–water partition coefficient (Wildman–Crippen LogP) is 2.78. The van der Waals surface area contributed by atoms with Gasteiger partial charge in [0, 0.05) is 30.6 Å². The number of imidazole rings is 1. The molecule has 0 aliphatic carbocycles. The summed E-state index contributed by atoms with van der Waals surface area (Å²) in [6.45, 7) is 5.58. The summed E-state index contributed by atoms with van der Waals surface area (Å²) in [5, 5.41) is 15.6. The summed E-state index contributed by atoms with van der Waals surface area (Å²) < 4.78 is 1.94. The van der Waals surface area contributed by atoms with Gasteiger partial charge in [-0.2, -0.15) is 0 Å². The second-order valence-electron chi connectivity index (χ2n) is 6.55. The molecule has 7 nitrogen and oxygen atoms in total. The number of aliphatic hydroxyl groups excluding tert-OH is 1. The summed E-state index contributed by atoms with van der Waals surface area (Å²) in [5.41, 5.74) is 3.25. The normalized spacial score (nSPS) is 12.3. The zero-order chi connectivity index (χ0) is 18.7. The van der Waals surface area contributed by atoms with Crippen molar-refractivity contribution >= 4 is 23.1 Å². The molecule has 2 heterocycles. The lowest BCUT2D eigenvalue weighted by molar-refractivity contribution is -0.114. The highest BCUT2D eigenvalue weighted by Crippen LogP contribution is 2.26. The molecule has 0 bridgehead atoms. The first kappa shape index (κ1) is 17.9. The van der Waals surface area contributed by atoms with Crippen molar-refractivity contribution in [2.24, 2.45) is 5.92 Å². The van der Waals surface area contributed by atoms with Crippen LogP contribution in [0.3, 0.4) is 0 Å². The summed E-state index contributed by atoms with van der Waals surface area (Å²) in [6.07, 6.45) is 5.32. The minimum absolute atomic E-state index is 0.0206. The Labute approximate surface area is 152 Å². The molecule has 0 radical (unpaired) electrons. The van der Waals surface area contributed by atoms with Gasteiger partial charge in [-0.25, -0.2) is 9.97 Å². The standard InChI is InChI=1S/C19H23N5O2/c1-12(2)16(11-25)23-18-19-21-10-17(24(19)8-7-20-18)14-5-4-6-15(9-14)22-13(3)26/h4-10,12,16,25H,11H2,1-3H3,(H,20,23)(H,22,26). The Hall–Kier alpha value is -2.93. The number of benzene rings is 1. The van der Waals surface area contributed by atoms with Gasteiger partial charge in [0.1, 0.15) is 0 Å². The molecule has 0 saturated heterocycles. The second kappa shape index (κ2) is 7.53. The first-order valence-corrected chi connectivity index (χ1v) is 8.57. The third-order valence-corrected chi connectivity index (χ3v) is 4.23. The van der Waals surface area contributed by atoms with Crippen molar-refractivity contribution in [3.05, 3.63) is 42.9 Å². The second-order valence-corrected chi connectivity index (χ2v) is 6.55. The molecule has 0 aliphatic rings. The Morgan fingerprint density at radius 3 is 2.81 bits per heavy atom. The number of aliphatic hydroxyl groups is 1. The van der Waals surface area contributed by atoms with Crippen LogP contribution in [0.4, 0.5) is 11.5 Å². The number of fused-ring (bicyclic) bond motifs is 1. The van der Waals surface area contributed by atoms with Gasteiger partial charge in [0.2, 0.25) is 5.91 Å². The summed E-state index contributed by atoms with van der Waals surface area (Å²) in [7, 11) is 0. The van der Waals surface area contributed by atoms with Crippen LogP contribution >= 0.6 is 0 Å². The molecule has 26 heavy (non-hydrogen) atoms. The first-order valence-electron chi connectivity index (χ1n) is 8.57. The Morgan fingerprint density at radius 1 is 1.31 bits per heavy atom. The van der Waals surface area contributed by atoms with Crippen LogP contribution in [0.2, 0.25) is 0 Å². The summed E-state index contributed by atoms with van der Waals surface area (Å²) in [4.78, 5) is 20.2. The van der Waals surface area contributed by atoms with E-state index in [4.69, 9.17) is 0 Å². The van der Waals surface area contributed by atoms with E-state index in [0.29, 0.717) is 11.5 Å². The zero-order valence-electron chi connectivity index (χ0n) is 15.1. The SMILES string of the molecule is CC(=O)Nc1cccc(-c2cnc3c(NC(CO)C(C)C)nccn23)c1. The van der Waals surface area contributed by atoms with Crippen molar-refractivity contribution < 1.29 is 9.90 Å². The molecule has 0 saturated carbocycles. The number of anilines is 2. The monoisotopic (exact) mass is 353 g/mol. The lowest BCUT2D eigenvalue weighted by Gasteiger charge is -2.20. The number of aromatic nitrogens is 3. The van der Waals surface area contributed by atoms with Crippen LogP contribution < -0.4 is 10.6 Å². The van der Waals surface area contributed by atoms with Crippen LogP contribution in [0.5, 0.6) is 0 Å². The largest absolute Gasteiger partial charge is 0.394 e. The Balaban J connectivity index is 1.99. The van der Waals surface area contributed by atoms with Crippen molar-refractivity contribution in [1.29, 1.82) is 0 Å². The summed E-state index contributed by atoms with van der Waals surface area (Å²) in [5.74, 6) is 0.773. The molecule has 0 aliphatic heterocycles. The molecule has 1 unspecified atom stereocenters. The number of hydrogen-bond acceptors (Lipinski definition) is 5. The Kier molecular flexibility index (Phi) is 5.18. The summed E-state index contributed by atoms with van der Waals surface area (Å²) >= 11 is 0. The average Bonchev–Trinajstić information content (AvgIpc) is 3.04. The Morgan fingerprint density at radius 2 is 2.12 bits per heavy atom. The van der Waals surface area contributed by atoms with Crippen LogP contribution in [0, 0.1) is 5.92 Å².